The molecule has 0 unspecified atom stereocenters. The third kappa shape index (κ3) is 7.19. The predicted molar refractivity (Wildman–Crippen MR) is 107 cm³/mol. The van der Waals surface area contributed by atoms with Crippen LogP contribution in [0.25, 0.3) is 0 Å². The lowest BCUT2D eigenvalue weighted by molar-refractivity contribution is 0.0635. The van der Waals surface area contributed by atoms with Gasteiger partial charge in [-0.2, -0.15) is 0 Å². The van der Waals surface area contributed by atoms with E-state index in [1.54, 1.807) is 76.4 Å². The van der Waals surface area contributed by atoms with Crippen LogP contribution in [0, 0.1) is 0 Å². The molecule has 2 aromatic carbocycles. The molecule has 0 aliphatic heterocycles. The number of amides is 2. The van der Waals surface area contributed by atoms with E-state index in [-0.39, 0.29) is 5.91 Å². The van der Waals surface area contributed by atoms with Gasteiger partial charge in [-0.3, -0.25) is 10.1 Å². The highest BCUT2D eigenvalue weighted by molar-refractivity contribution is 5.96. The van der Waals surface area contributed by atoms with E-state index in [4.69, 9.17) is 14.2 Å². The average molecular weight is 386 g/mol. The molecule has 0 spiro atoms. The first kappa shape index (κ1) is 21.1. The van der Waals surface area contributed by atoms with E-state index < -0.39 is 11.7 Å². The van der Waals surface area contributed by atoms with E-state index in [0.29, 0.717) is 30.2 Å². The zero-order chi connectivity index (χ0) is 20.6. The summed E-state index contributed by atoms with van der Waals surface area (Å²) in [6, 6.07) is 13.8. The van der Waals surface area contributed by atoms with E-state index in [1.807, 2.05) is 0 Å². The number of ether oxygens (including phenoxy) is 3. The molecule has 0 aromatic heterocycles. The van der Waals surface area contributed by atoms with Gasteiger partial charge in [0.1, 0.15) is 23.7 Å². The Hall–Kier alpha value is -3.22. The Morgan fingerprint density at radius 1 is 1.00 bits per heavy atom. The number of carbonyl (C=O) groups excluding carboxylic acids is 2. The molecule has 28 heavy (non-hydrogen) atoms. The number of methoxy groups -OCH3 is 1. The molecule has 150 valence electrons. The number of benzene rings is 2. The Balaban J connectivity index is 1.81. The van der Waals surface area contributed by atoms with Gasteiger partial charge in [0, 0.05) is 11.3 Å². The molecule has 0 aliphatic carbocycles. The van der Waals surface area contributed by atoms with Gasteiger partial charge < -0.3 is 19.5 Å². The molecule has 7 heteroatoms. The number of nitrogens with one attached hydrogen (secondary N) is 2. The highest BCUT2D eigenvalue weighted by Crippen LogP contribution is 2.17. The molecule has 0 saturated carbocycles. The standard InChI is InChI=1S/C21H26N2O5/c1-21(2,3)28-20(25)23-16-7-5-6-15(14-16)19(24)22-12-13-27-18-10-8-17(26-4)9-11-18/h5-11,14H,12-13H2,1-4H3,(H,22,24)(H,23,25). The monoisotopic (exact) mass is 386 g/mol. The van der Waals surface area contributed by atoms with Crippen LogP contribution < -0.4 is 20.1 Å². The Bertz CT molecular complexity index is 797. The van der Waals surface area contributed by atoms with Gasteiger partial charge in [0.2, 0.25) is 0 Å². The van der Waals surface area contributed by atoms with Gasteiger partial charge in [-0.25, -0.2) is 4.79 Å². The van der Waals surface area contributed by atoms with Gasteiger partial charge in [-0.15, -0.1) is 0 Å². The first-order chi connectivity index (χ1) is 13.3. The summed E-state index contributed by atoms with van der Waals surface area (Å²) in [5.41, 5.74) is 0.317. The smallest absolute Gasteiger partial charge is 0.412 e. The number of hydrogen-bond donors (Lipinski definition) is 2. The highest BCUT2D eigenvalue weighted by atomic mass is 16.6. The lowest BCUT2D eigenvalue weighted by atomic mass is 10.2. The van der Waals surface area contributed by atoms with Crippen LogP contribution >= 0.6 is 0 Å². The molecule has 2 aromatic rings. The van der Waals surface area contributed by atoms with E-state index in [0.717, 1.165) is 5.75 Å². The first-order valence-electron chi connectivity index (χ1n) is 8.92. The van der Waals surface area contributed by atoms with Crippen LogP contribution in [0.3, 0.4) is 0 Å². The molecule has 0 fully saturated rings. The van der Waals surface area contributed by atoms with Crippen molar-refractivity contribution in [3.63, 3.8) is 0 Å². The Kier molecular flexibility index (Phi) is 7.26. The van der Waals surface area contributed by atoms with Crippen LogP contribution in [0.15, 0.2) is 48.5 Å². The van der Waals surface area contributed by atoms with Crippen LogP contribution in [-0.4, -0.2) is 37.9 Å². The number of rotatable bonds is 7. The van der Waals surface area contributed by atoms with Gasteiger partial charge >= 0.3 is 6.09 Å². The second-order valence-corrected chi connectivity index (χ2v) is 6.99. The molecule has 0 bridgehead atoms. The fourth-order valence-corrected chi connectivity index (χ4v) is 2.27. The lowest BCUT2D eigenvalue weighted by Gasteiger charge is -2.19. The summed E-state index contributed by atoms with van der Waals surface area (Å²) in [7, 11) is 1.60. The number of hydrogen-bond acceptors (Lipinski definition) is 5. The largest absolute Gasteiger partial charge is 0.497 e. The van der Waals surface area contributed by atoms with E-state index in [1.165, 1.54) is 0 Å². The molecule has 0 atom stereocenters. The van der Waals surface area contributed by atoms with Gasteiger partial charge in [0.15, 0.2) is 0 Å². The minimum Gasteiger partial charge on any atom is -0.497 e. The summed E-state index contributed by atoms with van der Waals surface area (Å²) in [5.74, 6) is 1.19. The van der Waals surface area contributed by atoms with Crippen molar-refractivity contribution in [3.8, 4) is 11.5 Å². The SMILES string of the molecule is COc1ccc(OCCNC(=O)c2cccc(NC(=O)OC(C)(C)C)c2)cc1. The average Bonchev–Trinajstić information content (AvgIpc) is 2.64. The summed E-state index contributed by atoms with van der Waals surface area (Å²) < 4.78 is 15.9. The second kappa shape index (κ2) is 9.64. The Labute approximate surface area is 165 Å². The zero-order valence-corrected chi connectivity index (χ0v) is 16.6. The normalized spacial score (nSPS) is 10.7. The van der Waals surface area contributed by atoms with Gasteiger partial charge in [-0.1, -0.05) is 6.07 Å². The van der Waals surface area contributed by atoms with Crippen LogP contribution in [0.2, 0.25) is 0 Å². The quantitative estimate of drug-likeness (QED) is 0.706. The minimum absolute atomic E-state index is 0.258. The van der Waals surface area contributed by atoms with E-state index in [9.17, 15) is 9.59 Å². The lowest BCUT2D eigenvalue weighted by Crippen LogP contribution is -2.28. The van der Waals surface area contributed by atoms with Crippen LogP contribution in [0.5, 0.6) is 11.5 Å². The highest BCUT2D eigenvalue weighted by Gasteiger charge is 2.16. The van der Waals surface area contributed by atoms with E-state index >= 15 is 0 Å². The van der Waals surface area contributed by atoms with Gasteiger partial charge in [0.05, 0.1) is 13.7 Å². The van der Waals surface area contributed by atoms with Crippen molar-refractivity contribution in [2.75, 3.05) is 25.6 Å². The first-order valence-corrected chi connectivity index (χ1v) is 8.92. The van der Waals surface area contributed by atoms with Crippen molar-refractivity contribution in [1.29, 1.82) is 0 Å². The summed E-state index contributed by atoms with van der Waals surface area (Å²) in [6.45, 7) is 6.02. The molecule has 2 N–H and O–H groups in total. The Morgan fingerprint density at radius 2 is 1.68 bits per heavy atom. The van der Waals surface area contributed by atoms with Crippen molar-refractivity contribution in [1.82, 2.24) is 5.32 Å². The molecule has 2 rings (SSSR count). The van der Waals surface area contributed by atoms with Crippen molar-refractivity contribution in [2.24, 2.45) is 0 Å². The molecular formula is C21H26N2O5. The summed E-state index contributed by atoms with van der Waals surface area (Å²) in [5, 5.41) is 5.39. The topological polar surface area (TPSA) is 85.9 Å². The van der Waals surface area contributed by atoms with Gasteiger partial charge in [-0.05, 0) is 63.2 Å². The summed E-state index contributed by atoms with van der Waals surface area (Å²) in [6.07, 6.45) is -0.571. The van der Waals surface area contributed by atoms with Crippen molar-refractivity contribution < 1.29 is 23.8 Å². The molecule has 0 radical (unpaired) electrons. The molecule has 0 heterocycles. The third-order valence-electron chi connectivity index (χ3n) is 3.49. The fourth-order valence-electron chi connectivity index (χ4n) is 2.27. The maximum absolute atomic E-state index is 12.3. The van der Waals surface area contributed by atoms with Crippen LogP contribution in [0.4, 0.5) is 10.5 Å². The van der Waals surface area contributed by atoms with Crippen molar-refractivity contribution in [3.05, 3.63) is 54.1 Å². The van der Waals surface area contributed by atoms with E-state index in [2.05, 4.69) is 10.6 Å². The number of anilines is 1. The van der Waals surface area contributed by atoms with Gasteiger partial charge in [0.25, 0.3) is 5.91 Å². The fraction of sp³-hybridized carbons (Fsp3) is 0.333. The summed E-state index contributed by atoms with van der Waals surface area (Å²) in [4.78, 5) is 24.1. The van der Waals surface area contributed by atoms with Crippen molar-refractivity contribution in [2.45, 2.75) is 26.4 Å². The third-order valence-corrected chi connectivity index (χ3v) is 3.49. The zero-order valence-electron chi connectivity index (χ0n) is 16.6. The number of carbonyl (C=O) groups is 2. The maximum Gasteiger partial charge on any atom is 0.412 e. The van der Waals surface area contributed by atoms with Crippen LogP contribution in [0.1, 0.15) is 31.1 Å². The Morgan fingerprint density at radius 3 is 2.32 bits per heavy atom. The molecular weight excluding hydrogens is 360 g/mol. The molecule has 0 saturated heterocycles. The molecule has 2 amide bonds. The molecule has 0 aliphatic rings. The van der Waals surface area contributed by atoms with Crippen molar-refractivity contribution >= 4 is 17.7 Å². The minimum atomic E-state index is -0.594. The summed E-state index contributed by atoms with van der Waals surface area (Å²) >= 11 is 0. The maximum atomic E-state index is 12.3. The predicted octanol–water partition coefficient (Wildman–Crippen LogP) is 3.85. The second-order valence-electron chi connectivity index (χ2n) is 6.99. The molecule has 7 nitrogen and oxygen atoms in total. The van der Waals surface area contributed by atoms with Crippen LogP contribution in [-0.2, 0) is 4.74 Å².